The van der Waals surface area contributed by atoms with E-state index in [1.165, 1.54) is 6.07 Å². The lowest BCUT2D eigenvalue weighted by molar-refractivity contribution is -0.129. The second kappa shape index (κ2) is 8.19. The number of anilines is 1. The molecule has 0 aromatic heterocycles. The van der Waals surface area contributed by atoms with Gasteiger partial charge < -0.3 is 9.47 Å². The molecule has 0 radical (unpaired) electrons. The van der Waals surface area contributed by atoms with Gasteiger partial charge in [0.25, 0.3) is 0 Å². The van der Waals surface area contributed by atoms with E-state index < -0.39 is 12.6 Å². The zero-order chi connectivity index (χ0) is 18.5. The molecule has 2 fully saturated rings. The van der Waals surface area contributed by atoms with Crippen LogP contribution in [0.1, 0.15) is 31.2 Å². The number of carbonyl (C=O) groups is 2. The third-order valence-electron chi connectivity index (χ3n) is 4.40. The summed E-state index contributed by atoms with van der Waals surface area (Å²) < 4.78 is 24.3. The molecule has 6 nitrogen and oxygen atoms in total. The number of hydrogen-bond acceptors (Lipinski definition) is 4. The summed E-state index contributed by atoms with van der Waals surface area (Å²) in [6.07, 6.45) is 8.42. The summed E-state index contributed by atoms with van der Waals surface area (Å²) in [6, 6.07) is 4.65. The lowest BCUT2D eigenvalue weighted by Gasteiger charge is -2.26. The third kappa shape index (κ3) is 4.33. The molecule has 1 aliphatic heterocycles. The molecule has 2 amide bonds. The number of nitrogens with one attached hydrogen (secondary N) is 1. The van der Waals surface area contributed by atoms with Crippen LogP contribution >= 0.6 is 0 Å². The van der Waals surface area contributed by atoms with Gasteiger partial charge in [0.2, 0.25) is 5.91 Å². The lowest BCUT2D eigenvalue weighted by Crippen LogP contribution is -2.49. The Morgan fingerprint density at radius 3 is 2.65 bits per heavy atom. The van der Waals surface area contributed by atoms with Gasteiger partial charge in [-0.2, -0.15) is 0 Å². The minimum atomic E-state index is -0.748. The predicted octanol–water partition coefficient (Wildman–Crippen LogP) is 2.12. The van der Waals surface area contributed by atoms with Crippen molar-refractivity contribution in [2.45, 2.75) is 38.5 Å². The SMILES string of the molecule is C#CC(=O)N(NC(=O)C1CCOCC1)c1ccc(OC2CC2)c(CF)c1. The monoisotopic (exact) mass is 360 g/mol. The van der Waals surface area contributed by atoms with Crippen LogP contribution in [-0.2, 0) is 21.0 Å². The van der Waals surface area contributed by atoms with E-state index in [0.29, 0.717) is 43.1 Å². The first-order chi connectivity index (χ1) is 12.6. The fraction of sp³-hybridized carbons (Fsp3) is 0.474. The largest absolute Gasteiger partial charge is 0.490 e. The number of hydrogen-bond donors (Lipinski definition) is 1. The van der Waals surface area contributed by atoms with Crippen LogP contribution in [0.5, 0.6) is 5.75 Å². The minimum absolute atomic E-state index is 0.128. The Balaban J connectivity index is 1.79. The topological polar surface area (TPSA) is 67.9 Å². The van der Waals surface area contributed by atoms with E-state index in [0.717, 1.165) is 17.9 Å². The Bertz CT molecular complexity index is 721. The third-order valence-corrected chi connectivity index (χ3v) is 4.40. The first kappa shape index (κ1) is 18.2. The van der Waals surface area contributed by atoms with Crippen LogP contribution in [-0.4, -0.2) is 31.1 Å². The number of hydrazine groups is 1. The Kier molecular flexibility index (Phi) is 5.74. The number of halogens is 1. The van der Waals surface area contributed by atoms with E-state index in [-0.39, 0.29) is 17.9 Å². The Morgan fingerprint density at radius 1 is 1.31 bits per heavy atom. The Hall–Kier alpha value is -2.59. The van der Waals surface area contributed by atoms with E-state index in [9.17, 15) is 14.0 Å². The van der Waals surface area contributed by atoms with Gasteiger partial charge in [-0.1, -0.05) is 0 Å². The molecule has 0 atom stereocenters. The summed E-state index contributed by atoms with van der Waals surface area (Å²) in [7, 11) is 0. The number of carbonyl (C=O) groups excluding carboxylic acids is 2. The Labute approximate surface area is 151 Å². The molecule has 1 aliphatic carbocycles. The average Bonchev–Trinajstić information content (AvgIpc) is 3.50. The van der Waals surface area contributed by atoms with Crippen LogP contribution < -0.4 is 15.2 Å². The van der Waals surface area contributed by atoms with E-state index in [4.69, 9.17) is 15.9 Å². The summed E-state index contributed by atoms with van der Waals surface area (Å²) in [5.41, 5.74) is 3.17. The fourth-order valence-electron chi connectivity index (χ4n) is 2.75. The summed E-state index contributed by atoms with van der Waals surface area (Å²) >= 11 is 0. The number of alkyl halides is 1. The van der Waals surface area contributed by atoms with Crippen molar-refractivity contribution in [3.63, 3.8) is 0 Å². The minimum Gasteiger partial charge on any atom is -0.490 e. The summed E-state index contributed by atoms with van der Waals surface area (Å²) in [4.78, 5) is 24.6. The van der Waals surface area contributed by atoms with Crippen molar-refractivity contribution in [3.05, 3.63) is 23.8 Å². The van der Waals surface area contributed by atoms with Crippen LogP contribution in [0.4, 0.5) is 10.1 Å². The molecular weight excluding hydrogens is 339 g/mol. The quantitative estimate of drug-likeness (QED) is 0.645. The molecule has 3 rings (SSSR count). The highest BCUT2D eigenvalue weighted by Gasteiger charge is 2.27. The van der Waals surface area contributed by atoms with Crippen LogP contribution in [0, 0.1) is 18.3 Å². The van der Waals surface area contributed by atoms with Gasteiger partial charge in [0, 0.05) is 24.7 Å². The summed E-state index contributed by atoms with van der Waals surface area (Å²) in [6.45, 7) is 0.253. The molecule has 7 heteroatoms. The van der Waals surface area contributed by atoms with Crippen molar-refractivity contribution in [2.24, 2.45) is 5.92 Å². The number of nitrogens with zero attached hydrogens (tertiary/aromatic N) is 1. The molecule has 2 aliphatic rings. The molecule has 1 aromatic rings. The highest BCUT2D eigenvalue weighted by molar-refractivity contribution is 6.06. The fourth-order valence-corrected chi connectivity index (χ4v) is 2.75. The average molecular weight is 360 g/mol. The van der Waals surface area contributed by atoms with Gasteiger partial charge in [0.15, 0.2) is 0 Å². The van der Waals surface area contributed by atoms with E-state index in [1.807, 2.05) is 5.92 Å². The zero-order valence-corrected chi connectivity index (χ0v) is 14.4. The number of terminal acetylenes is 1. The van der Waals surface area contributed by atoms with Crippen molar-refractivity contribution in [1.29, 1.82) is 0 Å². The number of ether oxygens (including phenoxy) is 2. The van der Waals surface area contributed by atoms with E-state index >= 15 is 0 Å². The van der Waals surface area contributed by atoms with Crippen LogP contribution in [0.25, 0.3) is 0 Å². The second-order valence-corrected chi connectivity index (χ2v) is 6.39. The van der Waals surface area contributed by atoms with Crippen molar-refractivity contribution in [3.8, 4) is 18.1 Å². The molecule has 1 saturated carbocycles. The highest BCUT2D eigenvalue weighted by atomic mass is 19.1. The second-order valence-electron chi connectivity index (χ2n) is 6.39. The smallest absolute Gasteiger partial charge is 0.321 e. The molecule has 1 heterocycles. The highest BCUT2D eigenvalue weighted by Crippen LogP contribution is 2.32. The van der Waals surface area contributed by atoms with Crippen molar-refractivity contribution in [1.82, 2.24) is 5.43 Å². The molecule has 0 bridgehead atoms. The maximum absolute atomic E-state index is 13.4. The number of benzene rings is 1. The van der Waals surface area contributed by atoms with Crippen molar-refractivity contribution >= 4 is 17.5 Å². The predicted molar refractivity (Wildman–Crippen MR) is 92.9 cm³/mol. The van der Waals surface area contributed by atoms with Crippen molar-refractivity contribution in [2.75, 3.05) is 18.2 Å². The van der Waals surface area contributed by atoms with Crippen LogP contribution in [0.15, 0.2) is 18.2 Å². The normalized spacial score (nSPS) is 17.2. The van der Waals surface area contributed by atoms with Gasteiger partial charge in [-0.3, -0.25) is 15.0 Å². The standard InChI is InChI=1S/C19H21FN2O4/c1-2-18(23)22(21-19(24)13-7-9-25-10-8-13)15-3-6-17(14(11-15)12-20)26-16-4-5-16/h1,3,6,11,13,16H,4-5,7-10,12H2,(H,21,24). The van der Waals surface area contributed by atoms with Gasteiger partial charge in [0.05, 0.1) is 11.8 Å². The number of amides is 2. The van der Waals surface area contributed by atoms with E-state index in [1.54, 1.807) is 12.1 Å². The molecule has 1 aromatic carbocycles. The maximum atomic E-state index is 13.4. The van der Waals surface area contributed by atoms with Gasteiger partial charge in [0.1, 0.15) is 12.4 Å². The lowest BCUT2D eigenvalue weighted by atomic mass is 10.00. The molecule has 0 unspecified atom stereocenters. The molecule has 1 N–H and O–H groups in total. The summed E-state index contributed by atoms with van der Waals surface area (Å²) in [5.74, 6) is 1.14. The molecule has 1 saturated heterocycles. The van der Waals surface area contributed by atoms with Crippen molar-refractivity contribution < 1.29 is 23.5 Å². The first-order valence-corrected chi connectivity index (χ1v) is 8.67. The van der Waals surface area contributed by atoms with Gasteiger partial charge in [-0.25, -0.2) is 9.40 Å². The first-order valence-electron chi connectivity index (χ1n) is 8.67. The van der Waals surface area contributed by atoms with Crippen LogP contribution in [0.2, 0.25) is 0 Å². The summed E-state index contributed by atoms with van der Waals surface area (Å²) in [5, 5.41) is 0.984. The molecule has 0 spiro atoms. The Morgan fingerprint density at radius 2 is 2.04 bits per heavy atom. The van der Waals surface area contributed by atoms with Crippen LogP contribution in [0.3, 0.4) is 0 Å². The van der Waals surface area contributed by atoms with Gasteiger partial charge in [-0.15, -0.1) is 6.42 Å². The zero-order valence-electron chi connectivity index (χ0n) is 14.4. The van der Waals surface area contributed by atoms with E-state index in [2.05, 4.69) is 5.43 Å². The molecule has 26 heavy (non-hydrogen) atoms. The molecule has 138 valence electrons. The number of rotatable bonds is 5. The maximum Gasteiger partial charge on any atom is 0.321 e. The van der Waals surface area contributed by atoms with Gasteiger partial charge in [-0.05, 0) is 49.8 Å². The molecular formula is C19H21FN2O4. The van der Waals surface area contributed by atoms with Gasteiger partial charge >= 0.3 is 5.91 Å².